The SMILES string of the molecule is [Br-].[Br-].[Br-].[Br-].[Li+].[Y+3]. The molecule has 0 amide bonds. The van der Waals surface area contributed by atoms with E-state index in [0.717, 1.165) is 0 Å². The molecule has 0 N–H and O–H groups in total. The van der Waals surface area contributed by atoms with Crippen molar-refractivity contribution in [1.82, 2.24) is 0 Å². The summed E-state index contributed by atoms with van der Waals surface area (Å²) in [7, 11) is 0. The van der Waals surface area contributed by atoms with Gasteiger partial charge >= 0.3 is 51.6 Å². The summed E-state index contributed by atoms with van der Waals surface area (Å²) in [6, 6.07) is 0. The van der Waals surface area contributed by atoms with Crippen molar-refractivity contribution in [3.05, 3.63) is 0 Å². The molecule has 0 aliphatic rings. The fraction of sp³-hybridized carbons (Fsp3) is 0. The molecular weight excluding hydrogens is 415 g/mol. The summed E-state index contributed by atoms with van der Waals surface area (Å²) in [6.07, 6.45) is 0. The molecule has 0 bridgehead atoms. The van der Waals surface area contributed by atoms with Crippen LogP contribution in [0, 0.1) is 0 Å². The molecule has 0 saturated carbocycles. The second kappa shape index (κ2) is 38.2. The summed E-state index contributed by atoms with van der Waals surface area (Å²) in [4.78, 5) is 0. The van der Waals surface area contributed by atoms with Gasteiger partial charge < -0.3 is 67.9 Å². The van der Waals surface area contributed by atoms with Crippen molar-refractivity contribution in [3.63, 3.8) is 0 Å². The molecule has 0 fully saturated rings. The van der Waals surface area contributed by atoms with Crippen LogP contribution in [-0.4, -0.2) is 0 Å². The van der Waals surface area contributed by atoms with Gasteiger partial charge in [0, 0.05) is 0 Å². The maximum Gasteiger partial charge on any atom is 3.00 e. The Balaban J connectivity index is 0. The van der Waals surface area contributed by atoms with E-state index in [1.165, 1.54) is 0 Å². The molecule has 0 aromatic heterocycles. The Kier molecular flexibility index (Phi) is 347. The van der Waals surface area contributed by atoms with E-state index in [1.807, 2.05) is 0 Å². The van der Waals surface area contributed by atoms with Crippen LogP contribution in [0.2, 0.25) is 0 Å². The van der Waals surface area contributed by atoms with Gasteiger partial charge in [-0.25, -0.2) is 0 Å². The quantitative estimate of drug-likeness (QED) is 0.345. The number of hydrogen-bond acceptors (Lipinski definition) is 0. The topological polar surface area (TPSA) is 0 Å². The van der Waals surface area contributed by atoms with Gasteiger partial charge in [0.25, 0.3) is 0 Å². The van der Waals surface area contributed by atoms with Crippen LogP contribution < -0.4 is 86.8 Å². The third-order valence-electron chi connectivity index (χ3n) is 0. The molecule has 32 valence electrons. The minimum atomic E-state index is 0. The van der Waals surface area contributed by atoms with E-state index < -0.39 is 0 Å². The molecule has 0 aliphatic carbocycles. The van der Waals surface area contributed by atoms with Gasteiger partial charge in [0.2, 0.25) is 0 Å². The first-order chi connectivity index (χ1) is 0. The van der Waals surface area contributed by atoms with Crippen LogP contribution >= 0.6 is 0 Å². The molecule has 0 aliphatic heterocycles. The third kappa shape index (κ3) is 25.5. The van der Waals surface area contributed by atoms with Crippen molar-refractivity contribution in [1.29, 1.82) is 0 Å². The van der Waals surface area contributed by atoms with Crippen LogP contribution in [0.25, 0.3) is 0 Å². The van der Waals surface area contributed by atoms with Crippen molar-refractivity contribution in [2.24, 2.45) is 0 Å². The zero-order valence-corrected chi connectivity index (χ0v) is 12.3. The Labute approximate surface area is 117 Å². The number of rotatable bonds is 0. The fourth-order valence-electron chi connectivity index (χ4n) is 0. The fourth-order valence-corrected chi connectivity index (χ4v) is 0. The molecule has 0 atom stereocenters. The minimum absolute atomic E-state index is 0. The maximum atomic E-state index is 0. The van der Waals surface area contributed by atoms with Gasteiger partial charge in [-0.05, 0) is 0 Å². The Morgan fingerprint density at radius 2 is 0.500 bits per heavy atom. The molecule has 6 heavy (non-hydrogen) atoms. The van der Waals surface area contributed by atoms with Gasteiger partial charge in [-0.2, -0.15) is 0 Å². The summed E-state index contributed by atoms with van der Waals surface area (Å²) >= 11 is 0. The number of hydrogen-bond donors (Lipinski definition) is 0. The van der Waals surface area contributed by atoms with Gasteiger partial charge in [0.1, 0.15) is 0 Å². The minimum Gasteiger partial charge on any atom is -1.00 e. The molecule has 0 spiro atoms. The molecule has 0 aromatic carbocycles. The van der Waals surface area contributed by atoms with Crippen LogP contribution in [0.5, 0.6) is 0 Å². The molecule has 6 heteroatoms. The first kappa shape index (κ1) is 54.5. The van der Waals surface area contributed by atoms with Crippen LogP contribution in [-0.2, 0) is 32.7 Å². The summed E-state index contributed by atoms with van der Waals surface area (Å²) in [5, 5.41) is 0. The Morgan fingerprint density at radius 1 is 0.500 bits per heavy atom. The average molecular weight is 415 g/mol. The zero-order valence-electron chi connectivity index (χ0n) is 3.09. The van der Waals surface area contributed by atoms with Gasteiger partial charge in [-0.15, -0.1) is 0 Å². The molecule has 0 nitrogen and oxygen atoms in total. The molecule has 0 aromatic rings. The molecule has 0 heterocycles. The monoisotopic (exact) mass is 412 g/mol. The van der Waals surface area contributed by atoms with Crippen LogP contribution in [0.1, 0.15) is 0 Å². The molecule has 0 rings (SSSR count). The van der Waals surface area contributed by atoms with Crippen molar-refractivity contribution < 1.29 is 119 Å². The number of halogens is 4. The van der Waals surface area contributed by atoms with E-state index >= 15 is 0 Å². The first-order valence-electron chi connectivity index (χ1n) is 0. The van der Waals surface area contributed by atoms with Gasteiger partial charge in [-0.3, -0.25) is 0 Å². The van der Waals surface area contributed by atoms with E-state index in [0.29, 0.717) is 0 Å². The maximum absolute atomic E-state index is 0. The van der Waals surface area contributed by atoms with E-state index in [2.05, 4.69) is 0 Å². The van der Waals surface area contributed by atoms with E-state index in [9.17, 15) is 0 Å². The Bertz CT molecular complexity index is 7.51. The summed E-state index contributed by atoms with van der Waals surface area (Å²) in [5.74, 6) is 0. The molecular formula is Br4LiY. The molecule has 0 unspecified atom stereocenters. The standard InChI is InChI=1S/4BrH.Li.Y/h4*1H;;/q;;;;+1;+3/p-4. The molecule has 0 radical (unpaired) electrons. The smallest absolute Gasteiger partial charge is 1.00 e. The van der Waals surface area contributed by atoms with Crippen molar-refractivity contribution >= 4 is 0 Å². The average Bonchev–Trinajstić information content (AvgIpc) is 0. The van der Waals surface area contributed by atoms with E-state index in [-0.39, 0.29) is 119 Å². The summed E-state index contributed by atoms with van der Waals surface area (Å²) in [5.41, 5.74) is 0. The zero-order chi connectivity index (χ0) is 0. The molecule has 0 saturated heterocycles. The van der Waals surface area contributed by atoms with Gasteiger partial charge in [0.05, 0.1) is 0 Å². The third-order valence-corrected chi connectivity index (χ3v) is 0. The van der Waals surface area contributed by atoms with Gasteiger partial charge in [0.15, 0.2) is 0 Å². The van der Waals surface area contributed by atoms with E-state index in [1.54, 1.807) is 0 Å². The van der Waals surface area contributed by atoms with E-state index in [4.69, 9.17) is 0 Å². The predicted octanol–water partition coefficient (Wildman–Crippen LogP) is -15.0. The first-order valence-corrected chi connectivity index (χ1v) is 0. The van der Waals surface area contributed by atoms with Crippen molar-refractivity contribution in [2.75, 3.05) is 0 Å². The summed E-state index contributed by atoms with van der Waals surface area (Å²) < 4.78 is 0. The predicted molar refractivity (Wildman–Crippen MR) is 0 cm³/mol. The normalized spacial score (nSPS) is 0. The summed E-state index contributed by atoms with van der Waals surface area (Å²) in [6.45, 7) is 0. The van der Waals surface area contributed by atoms with Crippen molar-refractivity contribution in [2.45, 2.75) is 0 Å². The van der Waals surface area contributed by atoms with Crippen LogP contribution in [0.4, 0.5) is 0 Å². The van der Waals surface area contributed by atoms with Crippen LogP contribution in [0.3, 0.4) is 0 Å². The second-order valence-electron chi connectivity index (χ2n) is 0. The Morgan fingerprint density at radius 3 is 0.500 bits per heavy atom. The largest absolute Gasteiger partial charge is 3.00 e. The van der Waals surface area contributed by atoms with Crippen LogP contribution in [0.15, 0.2) is 0 Å². The van der Waals surface area contributed by atoms with Crippen molar-refractivity contribution in [3.8, 4) is 0 Å². The second-order valence-corrected chi connectivity index (χ2v) is 0. The Hall–Kier alpha value is 3.62. The van der Waals surface area contributed by atoms with Gasteiger partial charge in [-0.1, -0.05) is 0 Å².